The smallest absolute Gasteiger partial charge is 0.416 e. The summed E-state index contributed by atoms with van der Waals surface area (Å²) in [4.78, 5) is 19.5. The maximum Gasteiger partial charge on any atom is 0.416 e. The zero-order valence-electron chi connectivity index (χ0n) is 18.7. The van der Waals surface area contributed by atoms with Crippen molar-refractivity contribution >= 4 is 17.3 Å². The van der Waals surface area contributed by atoms with Crippen LogP contribution in [-0.2, 0) is 17.6 Å². The van der Waals surface area contributed by atoms with Crippen molar-refractivity contribution in [2.75, 3.05) is 6.61 Å². The van der Waals surface area contributed by atoms with Gasteiger partial charge in [-0.2, -0.15) is 17.6 Å². The standard InChI is InChI=1S/C25H18F4N2O4S/c1-14-10-18(7-8-19(14)35-13-22(32)33)34-12-21-31-23(15-2-5-17(6-3-15)25(27,28)29)24(36-21)16-4-9-20(26)30-11-16/h2-11H,12-13H2,1H3,(H,32,33). The minimum atomic E-state index is -4.46. The number of carboxylic acids is 1. The lowest BCUT2D eigenvalue weighted by molar-refractivity contribution is -0.139. The molecule has 2 aromatic heterocycles. The van der Waals surface area contributed by atoms with Gasteiger partial charge in [-0.15, -0.1) is 11.3 Å². The molecule has 11 heteroatoms. The Kier molecular flexibility index (Phi) is 7.20. The highest BCUT2D eigenvalue weighted by atomic mass is 32.1. The summed E-state index contributed by atoms with van der Waals surface area (Å²) in [6, 6.07) is 12.3. The third kappa shape index (κ3) is 5.98. The molecule has 6 nitrogen and oxygen atoms in total. The molecule has 2 aromatic carbocycles. The van der Waals surface area contributed by atoms with Crippen LogP contribution in [0.15, 0.2) is 60.8 Å². The Morgan fingerprint density at radius 1 is 1.03 bits per heavy atom. The molecule has 0 spiro atoms. The lowest BCUT2D eigenvalue weighted by Crippen LogP contribution is -2.10. The lowest BCUT2D eigenvalue weighted by atomic mass is 10.1. The molecule has 0 aliphatic carbocycles. The SMILES string of the molecule is Cc1cc(OCc2nc(-c3ccc(C(F)(F)F)cc3)c(-c3ccc(F)nc3)s2)ccc1OCC(=O)O. The number of hydrogen-bond acceptors (Lipinski definition) is 6. The average molecular weight is 518 g/mol. The molecule has 0 atom stereocenters. The highest BCUT2D eigenvalue weighted by Gasteiger charge is 2.30. The van der Waals surface area contributed by atoms with Crippen molar-refractivity contribution in [3.63, 3.8) is 0 Å². The molecule has 0 unspecified atom stereocenters. The molecule has 0 saturated heterocycles. The van der Waals surface area contributed by atoms with E-state index in [1.54, 1.807) is 25.1 Å². The Morgan fingerprint density at radius 3 is 2.36 bits per heavy atom. The van der Waals surface area contributed by atoms with E-state index in [9.17, 15) is 22.4 Å². The van der Waals surface area contributed by atoms with Crippen molar-refractivity contribution in [3.8, 4) is 33.2 Å². The van der Waals surface area contributed by atoms with Gasteiger partial charge in [0, 0.05) is 17.3 Å². The van der Waals surface area contributed by atoms with Crippen molar-refractivity contribution < 1.29 is 36.9 Å². The van der Waals surface area contributed by atoms with Crippen LogP contribution in [0.2, 0.25) is 0 Å². The number of carboxylic acid groups (broad SMARTS) is 1. The molecule has 0 bridgehead atoms. The number of nitrogens with zero attached hydrogens (tertiary/aromatic N) is 2. The fraction of sp³-hybridized carbons (Fsp3) is 0.160. The Labute approximate surface area is 206 Å². The molecule has 0 amide bonds. The molecule has 0 radical (unpaired) electrons. The Hall–Kier alpha value is -3.99. The largest absolute Gasteiger partial charge is 0.486 e. The van der Waals surface area contributed by atoms with Gasteiger partial charge in [0.25, 0.3) is 0 Å². The van der Waals surface area contributed by atoms with E-state index in [1.807, 2.05) is 0 Å². The van der Waals surface area contributed by atoms with Crippen molar-refractivity contribution in [1.82, 2.24) is 9.97 Å². The molecule has 0 aliphatic rings. The van der Waals surface area contributed by atoms with Gasteiger partial charge in [-0.05, 0) is 55.0 Å². The number of hydrogen-bond donors (Lipinski definition) is 1. The normalized spacial score (nSPS) is 11.4. The predicted molar refractivity (Wildman–Crippen MR) is 124 cm³/mol. The molecule has 4 aromatic rings. The summed E-state index contributed by atoms with van der Waals surface area (Å²) < 4.78 is 63.4. The average Bonchev–Trinajstić information content (AvgIpc) is 3.26. The van der Waals surface area contributed by atoms with Gasteiger partial charge in [0.2, 0.25) is 5.95 Å². The van der Waals surface area contributed by atoms with Crippen LogP contribution < -0.4 is 9.47 Å². The number of aliphatic carboxylic acids is 1. The molecule has 0 fully saturated rings. The summed E-state index contributed by atoms with van der Waals surface area (Å²) in [5.74, 6) is -0.843. The molecule has 2 heterocycles. The summed E-state index contributed by atoms with van der Waals surface area (Å²) in [5.41, 5.74) is 1.35. The second-order valence-corrected chi connectivity index (χ2v) is 8.71. The number of halogens is 4. The van der Waals surface area contributed by atoms with Gasteiger partial charge in [-0.3, -0.25) is 0 Å². The number of pyridine rings is 1. The van der Waals surface area contributed by atoms with Crippen LogP contribution in [0.5, 0.6) is 11.5 Å². The molecular weight excluding hydrogens is 500 g/mol. The number of ether oxygens (including phenoxy) is 2. The molecule has 0 aliphatic heterocycles. The van der Waals surface area contributed by atoms with Crippen LogP contribution in [0.1, 0.15) is 16.1 Å². The number of rotatable bonds is 8. The van der Waals surface area contributed by atoms with E-state index in [4.69, 9.17) is 14.6 Å². The number of thiazole rings is 1. The van der Waals surface area contributed by atoms with Crippen molar-refractivity contribution in [3.05, 3.63) is 82.9 Å². The number of benzene rings is 2. The summed E-state index contributed by atoms with van der Waals surface area (Å²) >= 11 is 1.25. The van der Waals surface area contributed by atoms with E-state index in [-0.39, 0.29) is 6.61 Å². The Bertz CT molecular complexity index is 1370. The summed E-state index contributed by atoms with van der Waals surface area (Å²) in [6.07, 6.45) is -3.13. The zero-order valence-corrected chi connectivity index (χ0v) is 19.5. The molecule has 36 heavy (non-hydrogen) atoms. The molecule has 186 valence electrons. The van der Waals surface area contributed by atoms with Gasteiger partial charge in [-0.25, -0.2) is 14.8 Å². The zero-order chi connectivity index (χ0) is 25.9. The number of aromatic nitrogens is 2. The number of alkyl halides is 3. The van der Waals surface area contributed by atoms with Crippen molar-refractivity contribution in [1.29, 1.82) is 0 Å². The van der Waals surface area contributed by atoms with Crippen LogP contribution in [0, 0.1) is 12.9 Å². The lowest BCUT2D eigenvalue weighted by Gasteiger charge is -2.09. The fourth-order valence-corrected chi connectivity index (χ4v) is 4.29. The second-order valence-electron chi connectivity index (χ2n) is 7.63. The van der Waals surface area contributed by atoms with Gasteiger partial charge >= 0.3 is 12.1 Å². The van der Waals surface area contributed by atoms with Crippen LogP contribution in [0.4, 0.5) is 17.6 Å². The second kappa shape index (κ2) is 10.3. The van der Waals surface area contributed by atoms with E-state index in [0.717, 1.165) is 12.1 Å². The Balaban J connectivity index is 1.60. The van der Waals surface area contributed by atoms with Gasteiger partial charge in [-0.1, -0.05) is 12.1 Å². The van der Waals surface area contributed by atoms with E-state index in [0.29, 0.717) is 43.8 Å². The van der Waals surface area contributed by atoms with Gasteiger partial charge in [0.05, 0.1) is 16.1 Å². The first-order valence-corrected chi connectivity index (χ1v) is 11.3. The molecule has 0 saturated carbocycles. The van der Waals surface area contributed by atoms with E-state index in [1.165, 1.54) is 41.8 Å². The topological polar surface area (TPSA) is 81.5 Å². The van der Waals surface area contributed by atoms with Crippen LogP contribution in [-0.4, -0.2) is 27.7 Å². The summed E-state index contributed by atoms with van der Waals surface area (Å²) in [6.45, 7) is 1.34. The van der Waals surface area contributed by atoms with E-state index >= 15 is 0 Å². The first kappa shape index (κ1) is 25.1. The highest BCUT2D eigenvalue weighted by molar-refractivity contribution is 7.15. The van der Waals surface area contributed by atoms with Gasteiger partial charge in [0.1, 0.15) is 23.1 Å². The third-order valence-corrected chi connectivity index (χ3v) is 6.08. The van der Waals surface area contributed by atoms with E-state index in [2.05, 4.69) is 9.97 Å². The third-order valence-electron chi connectivity index (χ3n) is 5.01. The minimum absolute atomic E-state index is 0.0572. The van der Waals surface area contributed by atoms with Gasteiger partial charge in [0.15, 0.2) is 6.61 Å². The first-order chi connectivity index (χ1) is 17.1. The van der Waals surface area contributed by atoms with Crippen molar-refractivity contribution in [2.45, 2.75) is 19.7 Å². The first-order valence-electron chi connectivity index (χ1n) is 10.5. The van der Waals surface area contributed by atoms with Gasteiger partial charge < -0.3 is 14.6 Å². The fourth-order valence-electron chi connectivity index (χ4n) is 3.30. The molecule has 1 N–H and O–H groups in total. The quantitative estimate of drug-likeness (QED) is 0.215. The summed E-state index contributed by atoms with van der Waals surface area (Å²) in [5, 5.41) is 9.29. The van der Waals surface area contributed by atoms with Crippen molar-refractivity contribution in [2.24, 2.45) is 0 Å². The predicted octanol–water partition coefficient (Wildman–Crippen LogP) is 6.38. The van der Waals surface area contributed by atoms with Crippen LogP contribution in [0.25, 0.3) is 21.7 Å². The minimum Gasteiger partial charge on any atom is -0.486 e. The summed E-state index contributed by atoms with van der Waals surface area (Å²) in [7, 11) is 0. The molecule has 4 rings (SSSR count). The Morgan fingerprint density at radius 2 is 1.75 bits per heavy atom. The highest BCUT2D eigenvalue weighted by Crippen LogP contribution is 2.38. The maximum atomic E-state index is 13.4. The van der Waals surface area contributed by atoms with Crippen LogP contribution >= 0.6 is 11.3 Å². The monoisotopic (exact) mass is 518 g/mol. The number of aryl methyl sites for hydroxylation is 1. The van der Waals surface area contributed by atoms with E-state index < -0.39 is 30.3 Å². The number of carbonyl (C=O) groups is 1. The van der Waals surface area contributed by atoms with Crippen LogP contribution in [0.3, 0.4) is 0 Å². The maximum absolute atomic E-state index is 13.4. The molecular formula is C25H18F4N2O4S.